The van der Waals surface area contributed by atoms with E-state index in [-0.39, 0.29) is 11.5 Å². The topological polar surface area (TPSA) is 33.0 Å². The zero-order valence-corrected chi connectivity index (χ0v) is 17.4. The Hall–Kier alpha value is -2.39. The van der Waals surface area contributed by atoms with Gasteiger partial charge in [-0.1, -0.05) is 0 Å². The van der Waals surface area contributed by atoms with E-state index in [2.05, 4.69) is 0 Å². The zero-order chi connectivity index (χ0) is 22.1. The molecule has 4 rings (SSSR count). The number of benzene rings is 2. The molecule has 0 heterocycles. The molecule has 2 aromatic carbocycles. The Morgan fingerprint density at radius 2 is 1.48 bits per heavy atom. The Morgan fingerprint density at radius 3 is 2.10 bits per heavy atom. The van der Waals surface area contributed by atoms with Crippen LogP contribution in [0.25, 0.3) is 11.1 Å². The van der Waals surface area contributed by atoms with Gasteiger partial charge in [0.15, 0.2) is 0 Å². The zero-order valence-electron chi connectivity index (χ0n) is 17.4. The Balaban J connectivity index is 1.56. The highest BCUT2D eigenvalue weighted by molar-refractivity contribution is 5.66. The second-order valence-corrected chi connectivity index (χ2v) is 8.71. The molecule has 2 fully saturated rings. The summed E-state index contributed by atoms with van der Waals surface area (Å²) < 4.78 is 63.5. The molecular weight excluding hydrogens is 406 g/mol. The molecule has 4 unspecified atom stereocenters. The molecule has 0 saturated heterocycles. The molecule has 2 nitrogen and oxygen atoms in total. The van der Waals surface area contributed by atoms with Crippen molar-refractivity contribution in [2.75, 3.05) is 6.61 Å². The van der Waals surface area contributed by atoms with Crippen molar-refractivity contribution in [3.05, 3.63) is 58.7 Å². The monoisotopic (exact) mass is 431 g/mol. The van der Waals surface area contributed by atoms with E-state index >= 15 is 0 Å². The largest absolute Gasteiger partial charge is 0.378 e. The van der Waals surface area contributed by atoms with E-state index in [0.29, 0.717) is 23.5 Å². The molecule has 2 aliphatic rings. The van der Waals surface area contributed by atoms with Gasteiger partial charge in [0.2, 0.25) is 0 Å². The maximum absolute atomic E-state index is 14.9. The number of hydrogen-bond donors (Lipinski definition) is 0. The minimum Gasteiger partial charge on any atom is -0.378 e. The Labute approximate surface area is 179 Å². The van der Waals surface area contributed by atoms with Crippen molar-refractivity contribution < 1.29 is 22.3 Å². The van der Waals surface area contributed by atoms with Gasteiger partial charge in [-0.3, -0.25) is 0 Å². The normalized spacial score (nSPS) is 25.7. The fraction of sp³-hybridized carbons (Fsp3) is 0.480. The number of nitrogens with zero attached hydrogens (tertiary/aromatic N) is 1. The first-order chi connectivity index (χ1) is 14.9. The third kappa shape index (κ3) is 4.34. The van der Waals surface area contributed by atoms with Crippen molar-refractivity contribution in [1.29, 1.82) is 5.26 Å². The molecule has 0 aromatic heterocycles. The third-order valence-electron chi connectivity index (χ3n) is 6.95. The van der Waals surface area contributed by atoms with Gasteiger partial charge in [0, 0.05) is 6.61 Å². The average Bonchev–Trinajstić information content (AvgIpc) is 2.73. The quantitative estimate of drug-likeness (QED) is 0.495. The fourth-order valence-corrected chi connectivity index (χ4v) is 5.46. The molecule has 4 atom stereocenters. The van der Waals surface area contributed by atoms with Crippen LogP contribution in [-0.4, -0.2) is 12.7 Å². The highest BCUT2D eigenvalue weighted by Gasteiger charge is 2.36. The molecule has 2 saturated carbocycles. The number of rotatable bonds is 4. The summed E-state index contributed by atoms with van der Waals surface area (Å²) in [6.45, 7) is 2.74. The van der Waals surface area contributed by atoms with Gasteiger partial charge < -0.3 is 4.74 Å². The van der Waals surface area contributed by atoms with Crippen LogP contribution in [0.1, 0.15) is 62.5 Å². The van der Waals surface area contributed by atoms with Gasteiger partial charge in [-0.15, -0.1) is 0 Å². The average molecular weight is 431 g/mol. The number of halogens is 4. The predicted molar refractivity (Wildman–Crippen MR) is 109 cm³/mol. The lowest BCUT2D eigenvalue weighted by molar-refractivity contribution is -0.00957. The van der Waals surface area contributed by atoms with Crippen LogP contribution >= 0.6 is 0 Å². The molecule has 0 aliphatic heterocycles. The predicted octanol–water partition coefficient (Wildman–Crippen LogP) is 6.87. The summed E-state index contributed by atoms with van der Waals surface area (Å²) in [5, 5.41) is 8.79. The second-order valence-electron chi connectivity index (χ2n) is 8.71. The summed E-state index contributed by atoms with van der Waals surface area (Å²) >= 11 is 0. The van der Waals surface area contributed by atoms with Crippen LogP contribution in [0.15, 0.2) is 24.3 Å². The number of nitriles is 1. The third-order valence-corrected chi connectivity index (χ3v) is 6.95. The van der Waals surface area contributed by atoms with Crippen LogP contribution in [0, 0.1) is 46.4 Å². The maximum Gasteiger partial charge on any atom is 0.144 e. The van der Waals surface area contributed by atoms with E-state index in [9.17, 15) is 17.6 Å². The molecule has 0 spiro atoms. The standard InChI is InChI=1S/C25H25F4NO/c1-2-31-19-6-5-14-7-15(3-4-16(14)8-19)17-9-23(28)25(24(29)10-17)18-11-21(26)20(13-30)22(27)12-18/h9-12,14-16,19H,2-8H2,1H3. The molecule has 0 radical (unpaired) electrons. The molecule has 6 heteroatoms. The number of fused-ring (bicyclic) bond motifs is 1. The number of ether oxygens (including phenoxy) is 1. The lowest BCUT2D eigenvalue weighted by Gasteiger charge is -2.42. The summed E-state index contributed by atoms with van der Waals surface area (Å²) in [6, 6.07) is 5.59. The van der Waals surface area contributed by atoms with Gasteiger partial charge in [0.25, 0.3) is 0 Å². The SMILES string of the molecule is CCOC1CCC2CC(c3cc(F)c(-c4cc(F)c(C#N)c(F)c4)c(F)c3)CCC2C1. The van der Waals surface area contributed by atoms with Crippen LogP contribution in [0.2, 0.25) is 0 Å². The van der Waals surface area contributed by atoms with E-state index in [4.69, 9.17) is 10.00 Å². The van der Waals surface area contributed by atoms with E-state index in [1.54, 1.807) is 0 Å². The molecule has 164 valence electrons. The Bertz CT molecular complexity index is 969. The highest BCUT2D eigenvalue weighted by atomic mass is 19.1. The van der Waals surface area contributed by atoms with Crippen molar-refractivity contribution in [3.63, 3.8) is 0 Å². The first-order valence-corrected chi connectivity index (χ1v) is 10.9. The summed E-state index contributed by atoms with van der Waals surface area (Å²) in [6.07, 6.45) is 6.24. The van der Waals surface area contributed by atoms with Crippen molar-refractivity contribution in [2.24, 2.45) is 11.8 Å². The van der Waals surface area contributed by atoms with Gasteiger partial charge in [-0.2, -0.15) is 5.26 Å². The van der Waals surface area contributed by atoms with E-state index in [1.807, 2.05) is 6.92 Å². The van der Waals surface area contributed by atoms with Crippen molar-refractivity contribution in [3.8, 4) is 17.2 Å². The van der Waals surface area contributed by atoms with Crippen molar-refractivity contribution in [1.82, 2.24) is 0 Å². The maximum atomic E-state index is 14.9. The van der Waals surface area contributed by atoms with Crippen LogP contribution in [0.5, 0.6) is 0 Å². The van der Waals surface area contributed by atoms with Crippen molar-refractivity contribution in [2.45, 2.75) is 57.5 Å². The van der Waals surface area contributed by atoms with Gasteiger partial charge in [-0.25, -0.2) is 17.6 Å². The van der Waals surface area contributed by atoms with E-state index in [0.717, 1.165) is 57.3 Å². The highest BCUT2D eigenvalue weighted by Crippen LogP contribution is 2.47. The summed E-state index contributed by atoms with van der Waals surface area (Å²) in [5.74, 6) is -2.77. The molecular formula is C25H25F4NO. The van der Waals surface area contributed by atoms with Gasteiger partial charge in [0.1, 0.15) is 34.9 Å². The lowest BCUT2D eigenvalue weighted by Crippen LogP contribution is -2.33. The first kappa shape index (κ1) is 21.8. The van der Waals surface area contributed by atoms with E-state index in [1.165, 1.54) is 18.2 Å². The second kappa shape index (κ2) is 9.00. The van der Waals surface area contributed by atoms with Crippen LogP contribution < -0.4 is 0 Å². The summed E-state index contributed by atoms with van der Waals surface area (Å²) in [7, 11) is 0. The van der Waals surface area contributed by atoms with E-state index < -0.39 is 34.4 Å². The molecule has 2 aliphatic carbocycles. The van der Waals surface area contributed by atoms with Crippen molar-refractivity contribution >= 4 is 0 Å². The molecule has 0 N–H and O–H groups in total. The Kier molecular flexibility index (Phi) is 6.34. The lowest BCUT2D eigenvalue weighted by atomic mass is 9.65. The molecule has 31 heavy (non-hydrogen) atoms. The van der Waals surface area contributed by atoms with Crippen LogP contribution in [-0.2, 0) is 4.74 Å². The minimum absolute atomic E-state index is 0.0670. The number of hydrogen-bond acceptors (Lipinski definition) is 2. The van der Waals surface area contributed by atoms with Gasteiger partial charge >= 0.3 is 0 Å². The Morgan fingerprint density at radius 1 is 0.871 bits per heavy atom. The summed E-state index contributed by atoms with van der Waals surface area (Å²) in [4.78, 5) is 0. The summed E-state index contributed by atoms with van der Waals surface area (Å²) in [5.41, 5.74) is -0.902. The minimum atomic E-state index is -1.14. The van der Waals surface area contributed by atoms with Crippen LogP contribution in [0.3, 0.4) is 0 Å². The molecule has 0 amide bonds. The molecule has 0 bridgehead atoms. The first-order valence-electron chi connectivity index (χ1n) is 10.9. The smallest absolute Gasteiger partial charge is 0.144 e. The molecule has 2 aromatic rings. The van der Waals surface area contributed by atoms with Gasteiger partial charge in [0.05, 0.1) is 11.7 Å². The van der Waals surface area contributed by atoms with Gasteiger partial charge in [-0.05, 0) is 98.6 Å². The van der Waals surface area contributed by atoms with Crippen LogP contribution in [0.4, 0.5) is 17.6 Å². The fourth-order valence-electron chi connectivity index (χ4n) is 5.46.